The summed E-state index contributed by atoms with van der Waals surface area (Å²) in [6.45, 7) is 4.02. The highest BCUT2D eigenvalue weighted by Gasteiger charge is 2.23. The number of rotatable bonds is 6. The van der Waals surface area contributed by atoms with E-state index in [4.69, 9.17) is 12.2 Å². The van der Waals surface area contributed by atoms with Gasteiger partial charge in [0.1, 0.15) is 0 Å². The molecule has 36 heavy (non-hydrogen) atoms. The summed E-state index contributed by atoms with van der Waals surface area (Å²) in [5.74, 6) is -1.07. The standard InChI is InChI=1S/C30H27N3O2S/c1-20-17-18-24(19-21(20)2)31-28(34)25-15-9-10-16-26(25)32-30(36)33-29(35)27(22-11-5-3-6-12-22)23-13-7-4-8-14-23/h3-19,27H,1-2H3,(H,31,34)(H2,32,33,35,36). The molecule has 0 aliphatic heterocycles. The molecule has 0 aliphatic rings. The van der Waals surface area contributed by atoms with E-state index in [1.165, 1.54) is 0 Å². The quantitative estimate of drug-likeness (QED) is 0.280. The average molecular weight is 494 g/mol. The molecule has 4 rings (SSSR count). The van der Waals surface area contributed by atoms with Crippen molar-refractivity contribution in [2.45, 2.75) is 19.8 Å². The second kappa shape index (κ2) is 11.4. The Morgan fingerprint density at radius 3 is 1.89 bits per heavy atom. The molecule has 2 amide bonds. The first-order valence-electron chi connectivity index (χ1n) is 11.6. The first-order chi connectivity index (χ1) is 17.4. The van der Waals surface area contributed by atoms with Crippen molar-refractivity contribution in [2.24, 2.45) is 0 Å². The highest BCUT2D eigenvalue weighted by Crippen LogP contribution is 2.25. The van der Waals surface area contributed by atoms with Crippen molar-refractivity contribution in [3.05, 3.63) is 131 Å². The van der Waals surface area contributed by atoms with E-state index in [-0.39, 0.29) is 16.9 Å². The molecule has 0 saturated heterocycles. The number of hydrogen-bond acceptors (Lipinski definition) is 3. The van der Waals surface area contributed by atoms with Crippen LogP contribution in [0.4, 0.5) is 11.4 Å². The van der Waals surface area contributed by atoms with E-state index in [9.17, 15) is 9.59 Å². The second-order valence-corrected chi connectivity index (χ2v) is 8.90. The van der Waals surface area contributed by atoms with Crippen LogP contribution in [0.1, 0.15) is 38.5 Å². The summed E-state index contributed by atoms with van der Waals surface area (Å²) >= 11 is 5.46. The Balaban J connectivity index is 1.50. The molecule has 180 valence electrons. The lowest BCUT2D eigenvalue weighted by atomic mass is 9.90. The summed E-state index contributed by atoms with van der Waals surface area (Å²) < 4.78 is 0. The van der Waals surface area contributed by atoms with Crippen LogP contribution < -0.4 is 16.0 Å². The zero-order valence-corrected chi connectivity index (χ0v) is 20.9. The molecule has 0 spiro atoms. The molecule has 0 radical (unpaired) electrons. The van der Waals surface area contributed by atoms with Crippen LogP contribution in [0.2, 0.25) is 0 Å². The van der Waals surface area contributed by atoms with Crippen molar-refractivity contribution in [3.63, 3.8) is 0 Å². The Morgan fingerprint density at radius 1 is 0.694 bits per heavy atom. The fourth-order valence-corrected chi connectivity index (χ4v) is 4.14. The van der Waals surface area contributed by atoms with Crippen molar-refractivity contribution in [1.82, 2.24) is 5.32 Å². The lowest BCUT2D eigenvalue weighted by Gasteiger charge is -2.19. The van der Waals surface area contributed by atoms with Crippen molar-refractivity contribution in [3.8, 4) is 0 Å². The van der Waals surface area contributed by atoms with Gasteiger partial charge in [0.2, 0.25) is 5.91 Å². The van der Waals surface area contributed by atoms with Crippen LogP contribution in [-0.4, -0.2) is 16.9 Å². The molecule has 0 atom stereocenters. The molecule has 0 fully saturated rings. The van der Waals surface area contributed by atoms with Gasteiger partial charge in [-0.05, 0) is 72.6 Å². The summed E-state index contributed by atoms with van der Waals surface area (Å²) in [6.07, 6.45) is 0. The SMILES string of the molecule is Cc1ccc(NC(=O)c2ccccc2NC(=S)NC(=O)C(c2ccccc2)c2ccccc2)cc1C. The minimum atomic E-state index is -0.532. The zero-order chi connectivity index (χ0) is 25.5. The van der Waals surface area contributed by atoms with Crippen LogP contribution in [0.3, 0.4) is 0 Å². The number of carbonyl (C=O) groups excluding carboxylic acids is 2. The number of carbonyl (C=O) groups is 2. The van der Waals surface area contributed by atoms with Crippen molar-refractivity contribution in [1.29, 1.82) is 0 Å². The summed E-state index contributed by atoms with van der Waals surface area (Å²) in [4.78, 5) is 26.4. The van der Waals surface area contributed by atoms with Crippen molar-refractivity contribution < 1.29 is 9.59 Å². The number of hydrogen-bond donors (Lipinski definition) is 3. The van der Waals surface area contributed by atoms with E-state index in [2.05, 4.69) is 16.0 Å². The number of benzene rings is 4. The van der Waals surface area contributed by atoms with Crippen LogP contribution in [0.25, 0.3) is 0 Å². The maximum absolute atomic E-state index is 13.3. The zero-order valence-electron chi connectivity index (χ0n) is 20.1. The highest BCUT2D eigenvalue weighted by molar-refractivity contribution is 7.80. The Labute approximate surface area is 216 Å². The summed E-state index contributed by atoms with van der Waals surface area (Å²) in [6, 6.07) is 31.9. The van der Waals surface area contributed by atoms with E-state index >= 15 is 0 Å². The molecular weight excluding hydrogens is 466 g/mol. The number of nitrogens with one attached hydrogen (secondary N) is 3. The molecule has 0 saturated carbocycles. The predicted molar refractivity (Wildman–Crippen MR) is 149 cm³/mol. The number of anilines is 2. The summed E-state index contributed by atoms with van der Waals surface area (Å²) in [5.41, 5.74) is 5.58. The molecule has 0 aromatic heterocycles. The molecule has 3 N–H and O–H groups in total. The predicted octanol–water partition coefficient (Wildman–Crippen LogP) is 6.20. The van der Waals surface area contributed by atoms with Gasteiger partial charge >= 0.3 is 0 Å². The minimum absolute atomic E-state index is 0.114. The maximum Gasteiger partial charge on any atom is 0.257 e. The minimum Gasteiger partial charge on any atom is -0.332 e. The van der Waals surface area contributed by atoms with Crippen LogP contribution >= 0.6 is 12.2 Å². The van der Waals surface area contributed by atoms with E-state index in [1.807, 2.05) is 92.7 Å². The average Bonchev–Trinajstić information content (AvgIpc) is 2.88. The molecule has 6 heteroatoms. The third kappa shape index (κ3) is 6.03. The summed E-state index contributed by atoms with van der Waals surface area (Å²) in [7, 11) is 0. The van der Waals surface area contributed by atoms with E-state index in [0.29, 0.717) is 16.9 Å². The van der Waals surface area contributed by atoms with Gasteiger partial charge in [0, 0.05) is 5.69 Å². The van der Waals surface area contributed by atoms with Crippen LogP contribution in [0.5, 0.6) is 0 Å². The van der Waals surface area contributed by atoms with E-state index < -0.39 is 5.92 Å². The maximum atomic E-state index is 13.3. The second-order valence-electron chi connectivity index (χ2n) is 8.50. The molecule has 5 nitrogen and oxygen atoms in total. The number of amides is 2. The molecule has 4 aromatic carbocycles. The van der Waals surface area contributed by atoms with Gasteiger partial charge in [-0.25, -0.2) is 0 Å². The lowest BCUT2D eigenvalue weighted by molar-refractivity contribution is -0.120. The molecular formula is C30H27N3O2S. The number of para-hydroxylation sites is 1. The lowest BCUT2D eigenvalue weighted by Crippen LogP contribution is -2.38. The van der Waals surface area contributed by atoms with Gasteiger partial charge < -0.3 is 16.0 Å². The fraction of sp³-hybridized carbons (Fsp3) is 0.100. The smallest absolute Gasteiger partial charge is 0.257 e. The Bertz CT molecular complexity index is 1350. The Morgan fingerprint density at radius 2 is 1.28 bits per heavy atom. The normalized spacial score (nSPS) is 10.5. The van der Waals surface area contributed by atoms with Crippen molar-refractivity contribution >= 4 is 40.5 Å². The molecule has 0 heterocycles. The topological polar surface area (TPSA) is 70.2 Å². The first kappa shape index (κ1) is 24.8. The largest absolute Gasteiger partial charge is 0.332 e. The Hall–Kier alpha value is -4.29. The van der Waals surface area contributed by atoms with Gasteiger partial charge in [0.15, 0.2) is 5.11 Å². The van der Waals surface area contributed by atoms with Gasteiger partial charge in [-0.2, -0.15) is 0 Å². The highest BCUT2D eigenvalue weighted by atomic mass is 32.1. The van der Waals surface area contributed by atoms with Crippen LogP contribution in [-0.2, 0) is 4.79 Å². The molecule has 0 bridgehead atoms. The van der Waals surface area contributed by atoms with E-state index in [1.54, 1.807) is 24.3 Å². The van der Waals surface area contributed by atoms with Gasteiger partial charge in [0.05, 0.1) is 17.2 Å². The third-order valence-corrected chi connectivity index (χ3v) is 6.15. The van der Waals surface area contributed by atoms with Crippen LogP contribution in [0.15, 0.2) is 103 Å². The van der Waals surface area contributed by atoms with Gasteiger partial charge in [-0.1, -0.05) is 78.9 Å². The van der Waals surface area contributed by atoms with Gasteiger partial charge in [-0.3, -0.25) is 9.59 Å². The number of aryl methyl sites for hydroxylation is 2. The number of thiocarbonyl (C=S) groups is 1. The first-order valence-corrected chi connectivity index (χ1v) is 12.0. The monoisotopic (exact) mass is 493 g/mol. The fourth-order valence-electron chi connectivity index (χ4n) is 3.93. The Kier molecular flexibility index (Phi) is 7.88. The van der Waals surface area contributed by atoms with Crippen LogP contribution in [0, 0.1) is 13.8 Å². The van der Waals surface area contributed by atoms with Gasteiger partial charge in [-0.15, -0.1) is 0 Å². The van der Waals surface area contributed by atoms with Gasteiger partial charge in [0.25, 0.3) is 5.91 Å². The third-order valence-electron chi connectivity index (χ3n) is 5.95. The molecule has 4 aromatic rings. The van der Waals surface area contributed by atoms with Crippen molar-refractivity contribution in [2.75, 3.05) is 10.6 Å². The van der Waals surface area contributed by atoms with E-state index in [0.717, 1.165) is 22.3 Å². The summed E-state index contributed by atoms with van der Waals surface area (Å²) in [5, 5.41) is 8.88. The molecule has 0 unspecified atom stereocenters. The molecule has 0 aliphatic carbocycles.